The van der Waals surface area contributed by atoms with Crippen LogP contribution in [-0.2, 0) is 38.0 Å². The third kappa shape index (κ3) is 7.87. The SMILES string of the molecule is C#CC(OC(C)=O)C1COC(C)(C)O1.C#CC(OC(C)=O)C1COC(C)(C)O1. The molecule has 156 valence electrons. The fourth-order valence-electron chi connectivity index (χ4n) is 2.52. The lowest BCUT2D eigenvalue weighted by Crippen LogP contribution is -2.33. The third-order valence-electron chi connectivity index (χ3n) is 3.65. The Bertz CT molecular complexity index is 584. The third-order valence-corrected chi connectivity index (χ3v) is 3.65. The zero-order chi connectivity index (χ0) is 21.5. The van der Waals surface area contributed by atoms with Crippen molar-refractivity contribution in [2.75, 3.05) is 13.2 Å². The van der Waals surface area contributed by atoms with Gasteiger partial charge in [0.2, 0.25) is 0 Å². The van der Waals surface area contributed by atoms with Crippen LogP contribution in [0.25, 0.3) is 0 Å². The van der Waals surface area contributed by atoms with E-state index in [0.717, 1.165) is 0 Å². The van der Waals surface area contributed by atoms with Crippen molar-refractivity contribution in [2.24, 2.45) is 0 Å². The zero-order valence-corrected chi connectivity index (χ0v) is 17.1. The van der Waals surface area contributed by atoms with Gasteiger partial charge in [-0.05, 0) is 27.7 Å². The summed E-state index contributed by atoms with van der Waals surface area (Å²) in [5.41, 5.74) is 0. The van der Waals surface area contributed by atoms with Gasteiger partial charge in [-0.3, -0.25) is 9.59 Å². The molecule has 0 spiro atoms. The first-order valence-corrected chi connectivity index (χ1v) is 8.79. The minimum Gasteiger partial charge on any atom is -0.446 e. The molecule has 8 nitrogen and oxygen atoms in total. The van der Waals surface area contributed by atoms with Crippen LogP contribution in [0.15, 0.2) is 0 Å². The van der Waals surface area contributed by atoms with Crippen LogP contribution in [0.3, 0.4) is 0 Å². The van der Waals surface area contributed by atoms with Crippen molar-refractivity contribution in [3.63, 3.8) is 0 Å². The molecule has 4 unspecified atom stereocenters. The predicted molar refractivity (Wildman–Crippen MR) is 98.6 cm³/mol. The molecule has 4 atom stereocenters. The van der Waals surface area contributed by atoms with Crippen molar-refractivity contribution < 1.29 is 38.0 Å². The van der Waals surface area contributed by atoms with Crippen LogP contribution in [0.1, 0.15) is 41.5 Å². The van der Waals surface area contributed by atoms with E-state index in [9.17, 15) is 9.59 Å². The first-order chi connectivity index (χ1) is 12.9. The van der Waals surface area contributed by atoms with E-state index < -0.39 is 35.7 Å². The van der Waals surface area contributed by atoms with Crippen LogP contribution in [0.4, 0.5) is 0 Å². The van der Waals surface area contributed by atoms with Gasteiger partial charge < -0.3 is 28.4 Å². The van der Waals surface area contributed by atoms with E-state index in [0.29, 0.717) is 13.2 Å². The van der Waals surface area contributed by atoms with E-state index in [4.69, 9.17) is 41.3 Å². The first-order valence-electron chi connectivity index (χ1n) is 8.79. The van der Waals surface area contributed by atoms with Crippen molar-refractivity contribution in [3.05, 3.63) is 0 Å². The predicted octanol–water partition coefficient (Wildman–Crippen LogP) is 1.41. The molecule has 0 amide bonds. The van der Waals surface area contributed by atoms with Gasteiger partial charge in [-0.15, -0.1) is 12.8 Å². The van der Waals surface area contributed by atoms with Crippen LogP contribution in [0, 0.1) is 24.7 Å². The van der Waals surface area contributed by atoms with E-state index in [-0.39, 0.29) is 12.2 Å². The highest BCUT2D eigenvalue weighted by Gasteiger charge is 2.39. The molecule has 0 radical (unpaired) electrons. The van der Waals surface area contributed by atoms with Gasteiger partial charge in [-0.2, -0.15) is 0 Å². The number of esters is 2. The number of hydrogen-bond donors (Lipinski definition) is 0. The maximum atomic E-state index is 10.7. The fraction of sp³-hybridized carbons (Fsp3) is 0.700. The molecule has 0 saturated carbocycles. The van der Waals surface area contributed by atoms with Gasteiger partial charge >= 0.3 is 11.9 Å². The Morgan fingerprint density at radius 2 is 1.18 bits per heavy atom. The van der Waals surface area contributed by atoms with Crippen molar-refractivity contribution >= 4 is 11.9 Å². The highest BCUT2D eigenvalue weighted by molar-refractivity contribution is 5.66. The Hall–Kier alpha value is -2.10. The number of ether oxygens (including phenoxy) is 6. The molecular weight excluding hydrogens is 368 g/mol. The van der Waals surface area contributed by atoms with E-state index in [1.54, 1.807) is 27.7 Å². The molecule has 0 aromatic rings. The maximum absolute atomic E-state index is 10.7. The molecule has 28 heavy (non-hydrogen) atoms. The normalized spacial score (nSPS) is 26.6. The van der Waals surface area contributed by atoms with Gasteiger partial charge in [-0.1, -0.05) is 11.8 Å². The van der Waals surface area contributed by atoms with Gasteiger partial charge in [0.25, 0.3) is 0 Å². The van der Waals surface area contributed by atoms with Gasteiger partial charge in [0.05, 0.1) is 13.2 Å². The summed E-state index contributed by atoms with van der Waals surface area (Å²) in [6, 6.07) is 0. The lowest BCUT2D eigenvalue weighted by molar-refractivity contribution is -0.163. The average molecular weight is 396 g/mol. The number of carbonyl (C=O) groups excluding carboxylic acids is 2. The molecule has 2 aliphatic heterocycles. The molecule has 0 bridgehead atoms. The standard InChI is InChI=1S/2C10H14O4/c2*1-5-8(13-7(2)11)9-6-12-10(3,4)14-9/h2*1,8-9H,6H2,2-4H3. The van der Waals surface area contributed by atoms with Gasteiger partial charge in [-0.25, -0.2) is 0 Å². The molecule has 0 aromatic heterocycles. The molecule has 2 aliphatic rings. The van der Waals surface area contributed by atoms with E-state index >= 15 is 0 Å². The summed E-state index contributed by atoms with van der Waals surface area (Å²) in [5, 5.41) is 0. The van der Waals surface area contributed by atoms with E-state index in [1.165, 1.54) is 13.8 Å². The van der Waals surface area contributed by atoms with Crippen molar-refractivity contribution in [2.45, 2.75) is 77.5 Å². The van der Waals surface area contributed by atoms with E-state index in [1.807, 2.05) is 0 Å². The molecule has 0 aliphatic carbocycles. The molecular formula is C20H28O8. The second kappa shape index (κ2) is 9.90. The zero-order valence-electron chi connectivity index (χ0n) is 17.1. The van der Waals surface area contributed by atoms with Crippen LogP contribution in [-0.4, -0.2) is 61.1 Å². The Balaban J connectivity index is 0.000000280. The summed E-state index contributed by atoms with van der Waals surface area (Å²) in [4.78, 5) is 21.4. The summed E-state index contributed by atoms with van der Waals surface area (Å²) in [6.45, 7) is 10.5. The van der Waals surface area contributed by atoms with Crippen molar-refractivity contribution in [1.29, 1.82) is 0 Å². The minimum absolute atomic E-state index is 0.342. The Kier molecular flexibility index (Phi) is 8.47. The summed E-state index contributed by atoms with van der Waals surface area (Å²) >= 11 is 0. The van der Waals surface area contributed by atoms with Gasteiger partial charge in [0, 0.05) is 13.8 Å². The van der Waals surface area contributed by atoms with Crippen LogP contribution < -0.4 is 0 Å². The molecule has 8 heteroatoms. The number of carbonyl (C=O) groups is 2. The number of terminal acetylenes is 2. The van der Waals surface area contributed by atoms with Crippen LogP contribution in [0.5, 0.6) is 0 Å². The van der Waals surface area contributed by atoms with Gasteiger partial charge in [0.15, 0.2) is 23.8 Å². The fourth-order valence-corrected chi connectivity index (χ4v) is 2.52. The quantitative estimate of drug-likeness (QED) is 0.520. The average Bonchev–Trinajstić information content (AvgIpc) is 3.12. The lowest BCUT2D eigenvalue weighted by atomic mass is 10.2. The smallest absolute Gasteiger partial charge is 0.303 e. The monoisotopic (exact) mass is 396 g/mol. The molecule has 2 rings (SSSR count). The van der Waals surface area contributed by atoms with Crippen LogP contribution >= 0.6 is 0 Å². The molecule has 0 aromatic carbocycles. The first kappa shape index (κ1) is 23.9. The Morgan fingerprint density at radius 1 is 0.857 bits per heavy atom. The highest BCUT2D eigenvalue weighted by Crippen LogP contribution is 2.26. The van der Waals surface area contributed by atoms with Crippen molar-refractivity contribution in [1.82, 2.24) is 0 Å². The number of rotatable bonds is 4. The Labute approximate surface area is 166 Å². The van der Waals surface area contributed by atoms with Crippen molar-refractivity contribution in [3.8, 4) is 24.7 Å². The topological polar surface area (TPSA) is 89.5 Å². The second-order valence-corrected chi connectivity index (χ2v) is 7.13. The van der Waals surface area contributed by atoms with Gasteiger partial charge in [0.1, 0.15) is 12.2 Å². The summed E-state index contributed by atoms with van der Waals surface area (Å²) in [6.07, 6.45) is 8.36. The summed E-state index contributed by atoms with van der Waals surface area (Å²) in [5.74, 6) is 2.59. The number of hydrogen-bond acceptors (Lipinski definition) is 8. The lowest BCUT2D eigenvalue weighted by Gasteiger charge is -2.20. The Morgan fingerprint density at radius 3 is 1.36 bits per heavy atom. The van der Waals surface area contributed by atoms with E-state index in [2.05, 4.69) is 11.8 Å². The molecule has 0 N–H and O–H groups in total. The summed E-state index contributed by atoms with van der Waals surface area (Å²) in [7, 11) is 0. The molecule has 2 fully saturated rings. The second-order valence-electron chi connectivity index (χ2n) is 7.13. The minimum atomic E-state index is -0.672. The largest absolute Gasteiger partial charge is 0.446 e. The molecule has 2 saturated heterocycles. The maximum Gasteiger partial charge on any atom is 0.303 e. The highest BCUT2D eigenvalue weighted by atomic mass is 16.8. The summed E-state index contributed by atoms with van der Waals surface area (Å²) < 4.78 is 31.3. The van der Waals surface area contributed by atoms with Crippen LogP contribution in [0.2, 0.25) is 0 Å². The molecule has 2 heterocycles.